The highest BCUT2D eigenvalue weighted by molar-refractivity contribution is 7.79. The van der Waals surface area contributed by atoms with Crippen molar-refractivity contribution in [3.63, 3.8) is 0 Å². The molecule has 4 atom stereocenters. The molecule has 0 spiro atoms. The smallest absolute Gasteiger partial charge is 0.190 e. The van der Waals surface area contributed by atoms with Crippen LogP contribution in [0.5, 0.6) is 5.75 Å². The molecule has 0 heterocycles. The van der Waals surface area contributed by atoms with E-state index in [0.717, 1.165) is 29.2 Å². The predicted octanol–water partition coefficient (Wildman–Crippen LogP) is 5.17. The number of hydrogen-bond acceptors (Lipinski definition) is 5. The van der Waals surface area contributed by atoms with E-state index in [1.165, 1.54) is 25.0 Å². The summed E-state index contributed by atoms with van der Waals surface area (Å²) in [6.45, 7) is 6.38. The third-order valence-electron chi connectivity index (χ3n) is 7.26. The molecule has 218 valence electrons. The average Bonchev–Trinajstić information content (AvgIpc) is 3.78. The maximum atomic E-state index is 13.4. The van der Waals surface area contributed by atoms with Crippen molar-refractivity contribution in [2.24, 2.45) is 11.8 Å². The van der Waals surface area contributed by atoms with Gasteiger partial charge in [-0.2, -0.15) is 0 Å². The largest absolute Gasteiger partial charge is 0.487 e. The number of aliphatic hydroxyl groups is 1. The molecule has 0 saturated heterocycles. The third kappa shape index (κ3) is 9.49. The fourth-order valence-corrected chi connectivity index (χ4v) is 5.05. The molecular weight excluding hydrogens is 539 g/mol. The summed E-state index contributed by atoms with van der Waals surface area (Å²) in [4.78, 5) is 2.50. The molecule has 1 fully saturated rings. The van der Waals surface area contributed by atoms with E-state index in [-0.39, 0.29) is 35.4 Å². The SMILES string of the molecule is C[C@@H](CO)NC[C@H](C)[C@H](CN(C)CC1CC1)Oc1cc(-c2ccc(C#Cc3cccc(F)c3)cc2)ccc1S(=O)O. The van der Waals surface area contributed by atoms with Gasteiger partial charge < -0.3 is 24.6 Å². The van der Waals surface area contributed by atoms with Crippen molar-refractivity contribution in [1.82, 2.24) is 10.2 Å². The van der Waals surface area contributed by atoms with Gasteiger partial charge in [-0.3, -0.25) is 0 Å². The zero-order chi connectivity index (χ0) is 29.4. The molecular formula is C33H39FN2O4S. The molecule has 3 N–H and O–H groups in total. The van der Waals surface area contributed by atoms with Crippen LogP contribution in [0.1, 0.15) is 37.8 Å². The van der Waals surface area contributed by atoms with Crippen LogP contribution in [0.25, 0.3) is 11.1 Å². The van der Waals surface area contributed by atoms with Gasteiger partial charge >= 0.3 is 0 Å². The first-order valence-corrected chi connectivity index (χ1v) is 15.1. The summed E-state index contributed by atoms with van der Waals surface area (Å²) in [6, 6.07) is 19.1. The monoisotopic (exact) mass is 578 g/mol. The van der Waals surface area contributed by atoms with E-state index < -0.39 is 11.1 Å². The van der Waals surface area contributed by atoms with Gasteiger partial charge in [0.15, 0.2) is 11.1 Å². The predicted molar refractivity (Wildman–Crippen MR) is 162 cm³/mol. The number of halogens is 1. The first-order chi connectivity index (χ1) is 19.7. The lowest BCUT2D eigenvalue weighted by Gasteiger charge is -2.31. The highest BCUT2D eigenvalue weighted by Gasteiger charge is 2.27. The van der Waals surface area contributed by atoms with Crippen LogP contribution in [0.15, 0.2) is 71.6 Å². The zero-order valence-electron chi connectivity index (χ0n) is 23.8. The summed E-state index contributed by atoms with van der Waals surface area (Å²) < 4.78 is 42.3. The standard InChI is InChI=1S/C33H39FN2O4S/c1-23(19-35-24(2)22-37)32(21-36(3)20-27-9-10-27)40-31-18-29(15-16-33(31)41(38)39)28-13-11-25(12-14-28)7-8-26-5-4-6-30(34)17-26/h4-6,11-18,23-24,27,32,35,37H,9-10,19-22H2,1-3H3,(H,38,39)/t23-,24-,32-/m0/s1. The summed E-state index contributed by atoms with van der Waals surface area (Å²) in [6.07, 6.45) is 2.27. The van der Waals surface area contributed by atoms with Crippen LogP contribution >= 0.6 is 0 Å². The van der Waals surface area contributed by atoms with E-state index in [1.807, 2.05) is 43.3 Å². The van der Waals surface area contributed by atoms with Gasteiger partial charge in [0.05, 0.1) is 6.61 Å². The van der Waals surface area contributed by atoms with E-state index in [2.05, 4.69) is 36.0 Å². The molecule has 0 aromatic heterocycles. The Balaban J connectivity index is 1.55. The summed E-state index contributed by atoms with van der Waals surface area (Å²) in [5.41, 5.74) is 3.16. The van der Waals surface area contributed by atoms with Crippen LogP contribution in [0.3, 0.4) is 0 Å². The van der Waals surface area contributed by atoms with Crippen LogP contribution in [0, 0.1) is 29.5 Å². The van der Waals surface area contributed by atoms with Gasteiger partial charge in [0, 0.05) is 42.7 Å². The van der Waals surface area contributed by atoms with Crippen molar-refractivity contribution in [3.8, 4) is 28.7 Å². The Morgan fingerprint density at radius 3 is 2.41 bits per heavy atom. The molecule has 3 aromatic rings. The topological polar surface area (TPSA) is 82.0 Å². The van der Waals surface area contributed by atoms with Crippen molar-refractivity contribution in [2.45, 2.75) is 43.7 Å². The molecule has 8 heteroatoms. The lowest BCUT2D eigenvalue weighted by atomic mass is 10.0. The molecule has 1 saturated carbocycles. The Morgan fingerprint density at radius 2 is 1.76 bits per heavy atom. The van der Waals surface area contributed by atoms with Gasteiger partial charge in [-0.05, 0) is 86.3 Å². The Bertz CT molecular complexity index is 1380. The lowest BCUT2D eigenvalue weighted by Crippen LogP contribution is -2.44. The molecule has 0 bridgehead atoms. The van der Waals surface area contributed by atoms with Gasteiger partial charge in [-0.1, -0.05) is 43.0 Å². The number of aliphatic hydroxyl groups excluding tert-OH is 1. The number of likely N-dealkylation sites (N-methyl/N-ethyl adjacent to an activating group) is 1. The summed E-state index contributed by atoms with van der Waals surface area (Å²) in [7, 11) is 2.09. The van der Waals surface area contributed by atoms with Crippen LogP contribution in [0.2, 0.25) is 0 Å². The van der Waals surface area contributed by atoms with E-state index >= 15 is 0 Å². The van der Waals surface area contributed by atoms with Gasteiger partial charge in [0.2, 0.25) is 0 Å². The number of benzene rings is 3. The minimum atomic E-state index is -2.22. The third-order valence-corrected chi connectivity index (χ3v) is 7.97. The summed E-state index contributed by atoms with van der Waals surface area (Å²) >= 11 is -2.22. The Labute approximate surface area is 245 Å². The first-order valence-electron chi connectivity index (χ1n) is 14.0. The van der Waals surface area contributed by atoms with Crippen LogP contribution < -0.4 is 10.1 Å². The minimum Gasteiger partial charge on any atom is -0.487 e. The van der Waals surface area contributed by atoms with Gasteiger partial charge in [-0.15, -0.1) is 0 Å². The van der Waals surface area contributed by atoms with E-state index in [4.69, 9.17) is 4.74 Å². The number of nitrogens with zero attached hydrogens (tertiary/aromatic N) is 1. The Kier molecular flexibility index (Phi) is 11.1. The Hall–Kier alpha value is -3.06. The molecule has 0 aliphatic heterocycles. The van der Waals surface area contributed by atoms with Gasteiger partial charge in [0.1, 0.15) is 22.6 Å². The quantitative estimate of drug-likeness (QED) is 0.192. The van der Waals surface area contributed by atoms with Crippen LogP contribution in [-0.2, 0) is 11.1 Å². The van der Waals surface area contributed by atoms with Crippen molar-refractivity contribution >= 4 is 11.1 Å². The highest BCUT2D eigenvalue weighted by atomic mass is 32.2. The van der Waals surface area contributed by atoms with E-state index in [9.17, 15) is 18.3 Å². The molecule has 1 aliphatic rings. The van der Waals surface area contributed by atoms with E-state index in [1.54, 1.807) is 18.2 Å². The molecule has 6 nitrogen and oxygen atoms in total. The van der Waals surface area contributed by atoms with Crippen LogP contribution in [0.4, 0.5) is 4.39 Å². The Morgan fingerprint density at radius 1 is 1.05 bits per heavy atom. The second kappa shape index (κ2) is 14.7. The summed E-state index contributed by atoms with van der Waals surface area (Å²) in [5.74, 6) is 6.90. The number of hydrogen-bond donors (Lipinski definition) is 3. The molecule has 0 radical (unpaired) electrons. The molecule has 0 amide bonds. The lowest BCUT2D eigenvalue weighted by molar-refractivity contribution is 0.0933. The van der Waals surface area contributed by atoms with Crippen LogP contribution in [-0.4, -0.2) is 64.2 Å². The number of ether oxygens (including phenoxy) is 1. The molecule has 4 rings (SSSR count). The number of rotatable bonds is 13. The average molecular weight is 579 g/mol. The maximum Gasteiger partial charge on any atom is 0.190 e. The normalized spacial score (nSPS) is 16.0. The maximum absolute atomic E-state index is 13.4. The fraction of sp³-hybridized carbons (Fsp3) is 0.394. The van der Waals surface area contributed by atoms with Gasteiger partial charge in [0.25, 0.3) is 0 Å². The zero-order valence-corrected chi connectivity index (χ0v) is 24.7. The minimum absolute atomic E-state index is 0.0346. The van der Waals surface area contributed by atoms with Crippen molar-refractivity contribution in [3.05, 3.63) is 83.7 Å². The second-order valence-electron chi connectivity index (χ2n) is 11.0. The molecule has 1 aliphatic carbocycles. The first kappa shape index (κ1) is 30.9. The number of nitrogens with one attached hydrogen (secondary N) is 1. The highest BCUT2D eigenvalue weighted by Crippen LogP contribution is 2.32. The van der Waals surface area contributed by atoms with Gasteiger partial charge in [-0.25, -0.2) is 8.60 Å². The second-order valence-corrected chi connectivity index (χ2v) is 12.0. The molecule has 41 heavy (non-hydrogen) atoms. The van der Waals surface area contributed by atoms with Crippen molar-refractivity contribution in [1.29, 1.82) is 0 Å². The molecule has 1 unspecified atom stereocenters. The molecule has 3 aromatic carbocycles. The fourth-order valence-electron chi connectivity index (χ4n) is 4.58. The van der Waals surface area contributed by atoms with Crippen molar-refractivity contribution in [2.75, 3.05) is 33.3 Å². The van der Waals surface area contributed by atoms with Crippen molar-refractivity contribution < 1.29 is 23.0 Å². The summed E-state index contributed by atoms with van der Waals surface area (Å²) in [5, 5.41) is 12.8. The van der Waals surface area contributed by atoms with E-state index in [0.29, 0.717) is 24.4 Å².